The van der Waals surface area contributed by atoms with Crippen molar-refractivity contribution in [2.45, 2.75) is 26.4 Å². The van der Waals surface area contributed by atoms with Crippen molar-refractivity contribution < 1.29 is 9.90 Å². The Hall–Kier alpha value is -1.88. The molecule has 1 N–H and O–H groups in total. The molecule has 0 aliphatic rings. The Morgan fingerprint density at radius 2 is 2.21 bits per heavy atom. The van der Waals surface area contributed by atoms with Crippen molar-refractivity contribution in [3.63, 3.8) is 0 Å². The highest BCUT2D eigenvalue weighted by atomic mass is 16.4. The van der Waals surface area contributed by atoms with E-state index in [1.807, 2.05) is 10.6 Å². The highest BCUT2D eigenvalue weighted by molar-refractivity contribution is 6.01. The first-order valence-electron chi connectivity index (χ1n) is 6.38. The van der Waals surface area contributed by atoms with Gasteiger partial charge in [-0.15, -0.1) is 0 Å². The summed E-state index contributed by atoms with van der Waals surface area (Å²) in [5.41, 5.74) is 1.74. The lowest BCUT2D eigenvalue weighted by Gasteiger charge is -2.21. The topological polar surface area (TPSA) is 58.4 Å². The number of carboxylic acids is 1. The molecule has 19 heavy (non-hydrogen) atoms. The van der Waals surface area contributed by atoms with E-state index in [9.17, 15) is 9.90 Å². The van der Waals surface area contributed by atoms with Crippen molar-refractivity contribution in [1.82, 2.24) is 14.5 Å². The third-order valence-corrected chi connectivity index (χ3v) is 3.44. The van der Waals surface area contributed by atoms with Gasteiger partial charge in [-0.05, 0) is 33.0 Å². The predicted molar refractivity (Wildman–Crippen MR) is 74.5 cm³/mol. The fourth-order valence-corrected chi connectivity index (χ4v) is 1.99. The fourth-order valence-electron chi connectivity index (χ4n) is 1.99. The molecule has 0 atom stereocenters. The van der Waals surface area contributed by atoms with E-state index in [0.717, 1.165) is 18.6 Å². The van der Waals surface area contributed by atoms with Crippen LogP contribution in [0.15, 0.2) is 24.5 Å². The van der Waals surface area contributed by atoms with Crippen LogP contribution in [0.25, 0.3) is 11.0 Å². The molecule has 0 bridgehead atoms. The molecule has 0 aliphatic carbocycles. The van der Waals surface area contributed by atoms with Gasteiger partial charge >= 0.3 is 5.97 Å². The zero-order chi connectivity index (χ0) is 14.0. The third kappa shape index (κ3) is 2.76. The number of carbonyl (C=O) groups is 1. The van der Waals surface area contributed by atoms with Crippen LogP contribution in [0, 0.1) is 0 Å². The van der Waals surface area contributed by atoms with Gasteiger partial charge in [0.15, 0.2) is 0 Å². The van der Waals surface area contributed by atoms with Crippen LogP contribution in [0.2, 0.25) is 0 Å². The summed E-state index contributed by atoms with van der Waals surface area (Å²) < 4.78 is 1.91. The van der Waals surface area contributed by atoms with Crippen LogP contribution in [0.4, 0.5) is 0 Å². The second-order valence-corrected chi connectivity index (χ2v) is 4.99. The van der Waals surface area contributed by atoms with E-state index in [-0.39, 0.29) is 0 Å². The fraction of sp³-hybridized carbons (Fsp3) is 0.429. The number of aromatic nitrogens is 2. The number of rotatable bonds is 5. The SMILES string of the molecule is CC(C)N(C)CCn1cnc2cccc(C(=O)O)c21. The molecule has 0 radical (unpaired) electrons. The first kappa shape index (κ1) is 13.5. The summed E-state index contributed by atoms with van der Waals surface area (Å²) in [4.78, 5) is 17.7. The van der Waals surface area contributed by atoms with Crippen LogP contribution in [0.1, 0.15) is 24.2 Å². The minimum atomic E-state index is -0.912. The summed E-state index contributed by atoms with van der Waals surface area (Å²) in [6.07, 6.45) is 1.71. The Labute approximate surface area is 112 Å². The molecule has 0 spiro atoms. The van der Waals surface area contributed by atoms with Crippen molar-refractivity contribution >= 4 is 17.0 Å². The summed E-state index contributed by atoms with van der Waals surface area (Å²) in [6, 6.07) is 5.65. The van der Waals surface area contributed by atoms with E-state index in [1.165, 1.54) is 0 Å². The largest absolute Gasteiger partial charge is 0.478 e. The molecule has 0 unspecified atom stereocenters. The first-order chi connectivity index (χ1) is 9.00. The van der Waals surface area contributed by atoms with Crippen LogP contribution in [0.3, 0.4) is 0 Å². The van der Waals surface area contributed by atoms with Crippen LogP contribution >= 0.6 is 0 Å². The minimum absolute atomic E-state index is 0.308. The molecule has 1 heterocycles. The molecule has 102 valence electrons. The average Bonchev–Trinajstić information content (AvgIpc) is 2.78. The Morgan fingerprint density at radius 1 is 1.47 bits per heavy atom. The molecule has 0 saturated carbocycles. The summed E-state index contributed by atoms with van der Waals surface area (Å²) in [6.45, 7) is 5.86. The number of carboxylic acid groups (broad SMARTS) is 1. The second-order valence-electron chi connectivity index (χ2n) is 4.99. The third-order valence-electron chi connectivity index (χ3n) is 3.44. The number of hydrogen-bond donors (Lipinski definition) is 1. The zero-order valence-corrected chi connectivity index (χ0v) is 11.5. The molecule has 1 aromatic carbocycles. The molecule has 0 saturated heterocycles. The maximum Gasteiger partial charge on any atom is 0.337 e. The van der Waals surface area contributed by atoms with E-state index < -0.39 is 5.97 Å². The smallest absolute Gasteiger partial charge is 0.337 e. The highest BCUT2D eigenvalue weighted by Gasteiger charge is 2.13. The van der Waals surface area contributed by atoms with Crippen LogP contribution in [0.5, 0.6) is 0 Å². The molecule has 2 aromatic rings. The maximum absolute atomic E-state index is 11.3. The molecule has 1 aromatic heterocycles. The van der Waals surface area contributed by atoms with Gasteiger partial charge in [0.1, 0.15) is 0 Å². The van der Waals surface area contributed by atoms with Gasteiger partial charge in [0, 0.05) is 19.1 Å². The lowest BCUT2D eigenvalue weighted by atomic mass is 10.2. The van der Waals surface area contributed by atoms with Crippen molar-refractivity contribution in [1.29, 1.82) is 0 Å². The van der Waals surface area contributed by atoms with E-state index in [4.69, 9.17) is 0 Å². The summed E-state index contributed by atoms with van der Waals surface area (Å²) in [5, 5.41) is 9.24. The van der Waals surface area contributed by atoms with E-state index >= 15 is 0 Å². The van der Waals surface area contributed by atoms with Crippen LogP contribution in [-0.2, 0) is 6.54 Å². The number of fused-ring (bicyclic) bond motifs is 1. The van der Waals surface area contributed by atoms with Crippen molar-refractivity contribution in [2.75, 3.05) is 13.6 Å². The summed E-state index contributed by atoms with van der Waals surface area (Å²) >= 11 is 0. The monoisotopic (exact) mass is 261 g/mol. The molecule has 0 amide bonds. The highest BCUT2D eigenvalue weighted by Crippen LogP contribution is 2.18. The molecule has 5 heteroatoms. The Kier molecular flexibility index (Phi) is 3.85. The standard InChI is InChI=1S/C14H19N3O2/c1-10(2)16(3)7-8-17-9-15-12-6-4-5-11(13(12)17)14(18)19/h4-6,9-10H,7-8H2,1-3H3,(H,18,19). The number of hydrogen-bond acceptors (Lipinski definition) is 3. The number of likely N-dealkylation sites (N-methyl/N-ethyl adjacent to an activating group) is 1. The quantitative estimate of drug-likeness (QED) is 0.895. The van der Waals surface area contributed by atoms with Gasteiger partial charge in [0.05, 0.1) is 22.9 Å². The number of aromatic carboxylic acids is 1. The van der Waals surface area contributed by atoms with Gasteiger partial charge in [0.25, 0.3) is 0 Å². The maximum atomic E-state index is 11.3. The van der Waals surface area contributed by atoms with Gasteiger partial charge in [0.2, 0.25) is 0 Å². The second kappa shape index (κ2) is 5.40. The molecular weight excluding hydrogens is 242 g/mol. The van der Waals surface area contributed by atoms with Crippen molar-refractivity contribution in [2.24, 2.45) is 0 Å². The van der Waals surface area contributed by atoms with E-state index in [0.29, 0.717) is 17.1 Å². The lowest BCUT2D eigenvalue weighted by molar-refractivity contribution is 0.0698. The number of benzene rings is 1. The van der Waals surface area contributed by atoms with E-state index in [1.54, 1.807) is 18.5 Å². The van der Waals surface area contributed by atoms with Gasteiger partial charge in [-0.3, -0.25) is 0 Å². The summed E-state index contributed by atoms with van der Waals surface area (Å²) in [5.74, 6) is -0.912. The Bertz CT molecular complexity index is 589. The molecule has 5 nitrogen and oxygen atoms in total. The van der Waals surface area contributed by atoms with Crippen molar-refractivity contribution in [3.05, 3.63) is 30.1 Å². The number of imidazole rings is 1. The lowest BCUT2D eigenvalue weighted by Crippen LogP contribution is -2.29. The molecule has 2 rings (SSSR count). The van der Waals surface area contributed by atoms with Gasteiger partial charge < -0.3 is 14.6 Å². The zero-order valence-electron chi connectivity index (χ0n) is 11.5. The van der Waals surface area contributed by atoms with Gasteiger partial charge in [-0.25, -0.2) is 9.78 Å². The van der Waals surface area contributed by atoms with Gasteiger partial charge in [-0.2, -0.15) is 0 Å². The van der Waals surface area contributed by atoms with Crippen molar-refractivity contribution in [3.8, 4) is 0 Å². The van der Waals surface area contributed by atoms with Crippen LogP contribution in [-0.4, -0.2) is 45.2 Å². The minimum Gasteiger partial charge on any atom is -0.478 e. The normalized spacial score (nSPS) is 11.6. The Morgan fingerprint density at radius 3 is 2.84 bits per heavy atom. The Balaban J connectivity index is 2.31. The van der Waals surface area contributed by atoms with Gasteiger partial charge in [-0.1, -0.05) is 6.07 Å². The predicted octanol–water partition coefficient (Wildman–Crippen LogP) is 2.07. The van der Waals surface area contributed by atoms with Crippen LogP contribution < -0.4 is 0 Å². The average molecular weight is 261 g/mol. The number of nitrogens with zero attached hydrogens (tertiary/aromatic N) is 3. The number of para-hydroxylation sites is 1. The summed E-state index contributed by atoms with van der Waals surface area (Å²) in [7, 11) is 2.06. The molecule has 0 aliphatic heterocycles. The molecular formula is C14H19N3O2. The van der Waals surface area contributed by atoms with E-state index in [2.05, 4.69) is 30.8 Å². The molecule has 0 fully saturated rings. The first-order valence-corrected chi connectivity index (χ1v) is 6.38.